The molecule has 2 aliphatic rings. The second kappa shape index (κ2) is 5.58. The molecule has 0 fully saturated rings. The fourth-order valence-electron chi connectivity index (χ4n) is 5.35. The van der Waals surface area contributed by atoms with Crippen LogP contribution in [0.3, 0.4) is 0 Å². The van der Waals surface area contributed by atoms with Crippen molar-refractivity contribution in [3.05, 3.63) is 101 Å². The summed E-state index contributed by atoms with van der Waals surface area (Å²) in [5.74, 6) is 0. The van der Waals surface area contributed by atoms with Crippen LogP contribution in [0.15, 0.2) is 73.3 Å². The summed E-state index contributed by atoms with van der Waals surface area (Å²) >= 11 is 0. The Bertz CT molecular complexity index is 1150. The van der Waals surface area contributed by atoms with E-state index in [2.05, 4.69) is 101 Å². The molecule has 0 aliphatic heterocycles. The van der Waals surface area contributed by atoms with Gasteiger partial charge in [0.15, 0.2) is 0 Å². The molecular weight excluding hydrogens is 336 g/mol. The van der Waals surface area contributed by atoms with Crippen LogP contribution in [0.1, 0.15) is 55.5 Å². The highest BCUT2D eigenvalue weighted by atomic mass is 14.5. The van der Waals surface area contributed by atoms with E-state index < -0.39 is 0 Å². The van der Waals surface area contributed by atoms with E-state index >= 15 is 0 Å². The molecule has 5 rings (SSSR count). The van der Waals surface area contributed by atoms with Crippen LogP contribution in [0, 0.1) is 0 Å². The fraction of sp³-hybridized carbons (Fsp3) is 0.214. The second-order valence-corrected chi connectivity index (χ2v) is 9.14. The van der Waals surface area contributed by atoms with Gasteiger partial charge >= 0.3 is 0 Å². The lowest BCUT2D eigenvalue weighted by atomic mass is 9.75. The van der Waals surface area contributed by atoms with Gasteiger partial charge in [0.25, 0.3) is 0 Å². The quantitative estimate of drug-likeness (QED) is 0.443. The molecule has 138 valence electrons. The minimum absolute atomic E-state index is 0.000467. The van der Waals surface area contributed by atoms with Crippen molar-refractivity contribution in [3.63, 3.8) is 0 Å². The molecule has 0 unspecified atom stereocenters. The summed E-state index contributed by atoms with van der Waals surface area (Å²) in [5, 5.41) is 0. The van der Waals surface area contributed by atoms with E-state index in [0.717, 1.165) is 0 Å². The molecule has 0 nitrogen and oxygen atoms in total. The number of hydrogen-bond donors (Lipinski definition) is 0. The Morgan fingerprint density at radius 2 is 1.21 bits per heavy atom. The fourth-order valence-corrected chi connectivity index (χ4v) is 5.35. The minimum atomic E-state index is -0.00628. The summed E-state index contributed by atoms with van der Waals surface area (Å²) in [5.41, 5.74) is 12.5. The molecule has 0 saturated heterocycles. The lowest BCUT2D eigenvalue weighted by Crippen LogP contribution is -2.19. The van der Waals surface area contributed by atoms with Crippen molar-refractivity contribution in [2.45, 2.75) is 38.5 Å². The standard InChI is InChI=1S/C28H26/c1-6-18-12-14-21-23(16-18)27(2,3)26-22-15-13-20(19-10-8-7-9-11-19)17-24(22)28(4,5)25(21)26/h6-17H,1H2,2-5H3. The van der Waals surface area contributed by atoms with Crippen LogP contribution in [0.25, 0.3) is 28.3 Å². The summed E-state index contributed by atoms with van der Waals surface area (Å²) in [4.78, 5) is 0. The first-order chi connectivity index (χ1) is 13.4. The molecular formula is C28H26. The van der Waals surface area contributed by atoms with E-state index in [1.165, 1.54) is 50.1 Å². The smallest absolute Gasteiger partial charge is 0.0162 e. The van der Waals surface area contributed by atoms with Crippen molar-refractivity contribution in [3.8, 4) is 11.1 Å². The van der Waals surface area contributed by atoms with Crippen molar-refractivity contribution in [1.82, 2.24) is 0 Å². The van der Waals surface area contributed by atoms with Crippen molar-refractivity contribution < 1.29 is 0 Å². The van der Waals surface area contributed by atoms with Gasteiger partial charge in [-0.05, 0) is 56.2 Å². The van der Waals surface area contributed by atoms with Gasteiger partial charge in [-0.3, -0.25) is 0 Å². The molecule has 0 aromatic heterocycles. The third-order valence-corrected chi connectivity index (χ3v) is 6.79. The minimum Gasteiger partial charge on any atom is -0.0985 e. The maximum absolute atomic E-state index is 3.97. The monoisotopic (exact) mass is 362 g/mol. The van der Waals surface area contributed by atoms with E-state index in [9.17, 15) is 0 Å². The lowest BCUT2D eigenvalue weighted by Gasteiger charge is -2.28. The SMILES string of the molecule is C=Cc1ccc2c(c1)C(C)(C)C1=C2C(C)(C)c2cc(-c3ccccc3)ccc21. The third kappa shape index (κ3) is 2.12. The van der Waals surface area contributed by atoms with Gasteiger partial charge in [0, 0.05) is 10.8 Å². The Morgan fingerprint density at radius 1 is 0.643 bits per heavy atom. The zero-order chi connectivity index (χ0) is 19.7. The second-order valence-electron chi connectivity index (χ2n) is 9.14. The molecule has 0 spiro atoms. The van der Waals surface area contributed by atoms with Crippen LogP contribution in [0.4, 0.5) is 0 Å². The number of allylic oxidation sites excluding steroid dienone is 2. The van der Waals surface area contributed by atoms with Crippen LogP contribution >= 0.6 is 0 Å². The Hall–Kier alpha value is -2.86. The maximum Gasteiger partial charge on any atom is 0.0162 e. The highest BCUT2D eigenvalue weighted by molar-refractivity contribution is 6.09. The van der Waals surface area contributed by atoms with E-state index in [-0.39, 0.29) is 10.8 Å². The van der Waals surface area contributed by atoms with Crippen molar-refractivity contribution in [2.24, 2.45) is 0 Å². The molecule has 0 radical (unpaired) electrons. The maximum atomic E-state index is 3.97. The number of rotatable bonds is 2. The van der Waals surface area contributed by atoms with Crippen LogP contribution in [-0.2, 0) is 10.8 Å². The highest BCUT2D eigenvalue weighted by Crippen LogP contribution is 2.62. The predicted molar refractivity (Wildman–Crippen MR) is 121 cm³/mol. The summed E-state index contributed by atoms with van der Waals surface area (Å²) in [6, 6.07) is 24.6. The van der Waals surface area contributed by atoms with Crippen molar-refractivity contribution >= 4 is 17.2 Å². The third-order valence-electron chi connectivity index (χ3n) is 6.79. The Morgan fingerprint density at radius 3 is 1.82 bits per heavy atom. The number of benzene rings is 3. The Kier molecular flexibility index (Phi) is 3.44. The zero-order valence-corrected chi connectivity index (χ0v) is 17.1. The Balaban J connectivity index is 1.73. The van der Waals surface area contributed by atoms with Gasteiger partial charge in [-0.1, -0.05) is 101 Å². The molecule has 0 amide bonds. The molecule has 0 N–H and O–H groups in total. The van der Waals surface area contributed by atoms with Gasteiger partial charge < -0.3 is 0 Å². The average molecular weight is 363 g/mol. The lowest BCUT2D eigenvalue weighted by molar-refractivity contribution is 0.694. The molecule has 0 saturated carbocycles. The number of hydrogen-bond acceptors (Lipinski definition) is 0. The summed E-state index contributed by atoms with van der Waals surface area (Å²) in [6.45, 7) is 13.5. The summed E-state index contributed by atoms with van der Waals surface area (Å²) in [7, 11) is 0. The predicted octanol–water partition coefficient (Wildman–Crippen LogP) is 7.49. The highest BCUT2D eigenvalue weighted by Gasteiger charge is 2.49. The van der Waals surface area contributed by atoms with Crippen molar-refractivity contribution in [1.29, 1.82) is 0 Å². The molecule has 3 aromatic rings. The summed E-state index contributed by atoms with van der Waals surface area (Å²) < 4.78 is 0. The van der Waals surface area contributed by atoms with E-state index in [1.54, 1.807) is 0 Å². The zero-order valence-electron chi connectivity index (χ0n) is 17.1. The van der Waals surface area contributed by atoms with E-state index in [0.29, 0.717) is 0 Å². The molecule has 0 heteroatoms. The first kappa shape index (κ1) is 17.3. The normalized spacial score (nSPS) is 17.9. The van der Waals surface area contributed by atoms with Gasteiger partial charge in [-0.2, -0.15) is 0 Å². The average Bonchev–Trinajstić information content (AvgIpc) is 3.09. The molecule has 0 heterocycles. The van der Waals surface area contributed by atoms with Gasteiger partial charge in [-0.25, -0.2) is 0 Å². The topological polar surface area (TPSA) is 0 Å². The van der Waals surface area contributed by atoms with E-state index in [4.69, 9.17) is 0 Å². The largest absolute Gasteiger partial charge is 0.0985 e. The van der Waals surface area contributed by atoms with Gasteiger partial charge in [0.2, 0.25) is 0 Å². The van der Waals surface area contributed by atoms with Crippen LogP contribution in [0.2, 0.25) is 0 Å². The van der Waals surface area contributed by atoms with Crippen LogP contribution in [0.5, 0.6) is 0 Å². The molecule has 3 aromatic carbocycles. The first-order valence-electron chi connectivity index (χ1n) is 10.1. The van der Waals surface area contributed by atoms with Gasteiger partial charge in [0.05, 0.1) is 0 Å². The molecule has 2 aliphatic carbocycles. The van der Waals surface area contributed by atoms with Crippen LogP contribution in [-0.4, -0.2) is 0 Å². The Labute approximate surface area is 168 Å². The summed E-state index contributed by atoms with van der Waals surface area (Å²) in [6.07, 6.45) is 1.95. The van der Waals surface area contributed by atoms with Crippen LogP contribution < -0.4 is 0 Å². The van der Waals surface area contributed by atoms with Gasteiger partial charge in [-0.15, -0.1) is 0 Å². The first-order valence-corrected chi connectivity index (χ1v) is 10.1. The van der Waals surface area contributed by atoms with Crippen molar-refractivity contribution in [2.75, 3.05) is 0 Å². The van der Waals surface area contributed by atoms with Gasteiger partial charge in [0.1, 0.15) is 0 Å². The molecule has 0 atom stereocenters. The molecule has 28 heavy (non-hydrogen) atoms. The molecule has 0 bridgehead atoms. The number of fused-ring (bicyclic) bond motifs is 4. The van der Waals surface area contributed by atoms with E-state index in [1.807, 2.05) is 6.08 Å².